The first kappa shape index (κ1) is 32.8. The van der Waals surface area contributed by atoms with E-state index in [2.05, 4.69) is 27.3 Å². The Balaban J connectivity index is 1.29. The molecule has 1 aliphatic rings. The number of aromatic nitrogens is 3. The van der Waals surface area contributed by atoms with Crippen molar-refractivity contribution in [3.8, 4) is 22.6 Å². The predicted octanol–water partition coefficient (Wildman–Crippen LogP) is 4.70. The molecular weight excluding hydrogens is 613 g/mol. The summed E-state index contributed by atoms with van der Waals surface area (Å²) in [6, 6.07) is 23.0. The van der Waals surface area contributed by atoms with Gasteiger partial charge in [0.15, 0.2) is 5.65 Å². The number of pyridine rings is 1. The van der Waals surface area contributed by atoms with E-state index in [1.54, 1.807) is 30.3 Å². The van der Waals surface area contributed by atoms with Crippen molar-refractivity contribution in [3.63, 3.8) is 0 Å². The summed E-state index contributed by atoms with van der Waals surface area (Å²) in [4.78, 5) is 47.4. The molecule has 0 aliphatic heterocycles. The van der Waals surface area contributed by atoms with Crippen LogP contribution in [0.1, 0.15) is 47.6 Å². The molecule has 3 aromatic carbocycles. The molecule has 0 unspecified atom stereocenters. The zero-order valence-electron chi connectivity index (χ0n) is 26.9. The number of hydrogen-bond acceptors (Lipinski definition) is 7. The Morgan fingerprint density at radius 1 is 0.979 bits per heavy atom. The minimum atomic E-state index is -0.669. The minimum absolute atomic E-state index is 0.0166. The fourth-order valence-electron chi connectivity index (χ4n) is 6.41. The number of ether oxygens (including phenoxy) is 1. The number of fused-ring (bicyclic) bond motifs is 1. The van der Waals surface area contributed by atoms with E-state index in [0.717, 1.165) is 29.9 Å². The molecule has 2 N–H and O–H groups in total. The van der Waals surface area contributed by atoms with Crippen LogP contribution in [0.3, 0.4) is 0 Å². The number of carbonyl (C=O) groups excluding carboxylic acids is 1. The summed E-state index contributed by atoms with van der Waals surface area (Å²) in [7, 11) is 4.03. The third-order valence-electron chi connectivity index (χ3n) is 8.66. The van der Waals surface area contributed by atoms with Crippen molar-refractivity contribution in [1.29, 1.82) is 0 Å². The molecule has 2 heterocycles. The van der Waals surface area contributed by atoms with E-state index in [9.17, 15) is 18.8 Å². The third-order valence-corrected chi connectivity index (χ3v) is 8.66. The van der Waals surface area contributed by atoms with Crippen LogP contribution in [0.2, 0.25) is 0 Å². The number of benzene rings is 3. The van der Waals surface area contributed by atoms with Gasteiger partial charge >= 0.3 is 5.69 Å². The summed E-state index contributed by atoms with van der Waals surface area (Å²) in [5.74, 6) is -0.587. The Hall–Kier alpha value is -5.13. The van der Waals surface area contributed by atoms with Crippen LogP contribution in [0.15, 0.2) is 94.6 Å². The fourth-order valence-corrected chi connectivity index (χ4v) is 6.41. The smallest absolute Gasteiger partial charge is 0.337 e. The van der Waals surface area contributed by atoms with Crippen LogP contribution in [0.4, 0.5) is 4.39 Å². The Bertz CT molecular complexity index is 2050. The molecule has 0 saturated heterocycles. The summed E-state index contributed by atoms with van der Waals surface area (Å²) < 4.78 is 22.6. The molecule has 248 valence electrons. The van der Waals surface area contributed by atoms with E-state index >= 15 is 0 Å². The first-order chi connectivity index (χ1) is 23.2. The average Bonchev–Trinajstić information content (AvgIpc) is 3.09. The molecule has 1 amide bonds. The Morgan fingerprint density at radius 3 is 2.46 bits per heavy atom. The van der Waals surface area contributed by atoms with Gasteiger partial charge in [-0.2, -0.15) is 0 Å². The molecular formula is C37H38FN5O5. The molecule has 48 heavy (non-hydrogen) atoms. The predicted molar refractivity (Wildman–Crippen MR) is 182 cm³/mol. The lowest BCUT2D eigenvalue weighted by atomic mass is 9.90. The number of aliphatic hydroxyl groups is 1. The van der Waals surface area contributed by atoms with Crippen LogP contribution < -0.4 is 21.3 Å². The SMILES string of the molecule is CN(C)Cc1ccc(-c2cccc(-n3c(=O)n(C4CCC(NC(=O)c5ccccc5OCCO)CC4)c(=O)c4cc(F)cnc43)c2)cc1. The molecule has 10 nitrogen and oxygen atoms in total. The molecule has 1 fully saturated rings. The number of amides is 1. The second-order valence-electron chi connectivity index (χ2n) is 12.4. The molecule has 0 bridgehead atoms. The highest BCUT2D eigenvalue weighted by molar-refractivity contribution is 5.97. The Morgan fingerprint density at radius 2 is 1.73 bits per heavy atom. The topological polar surface area (TPSA) is 119 Å². The number of aliphatic hydroxyl groups excluding tert-OH is 1. The monoisotopic (exact) mass is 651 g/mol. The van der Waals surface area contributed by atoms with Crippen molar-refractivity contribution in [2.45, 2.75) is 44.3 Å². The van der Waals surface area contributed by atoms with Gasteiger partial charge in [-0.3, -0.25) is 14.2 Å². The first-order valence-electron chi connectivity index (χ1n) is 16.0. The van der Waals surface area contributed by atoms with Gasteiger partial charge in [-0.25, -0.2) is 18.7 Å². The third kappa shape index (κ3) is 6.92. The van der Waals surface area contributed by atoms with Gasteiger partial charge < -0.3 is 20.1 Å². The molecule has 6 rings (SSSR count). The van der Waals surface area contributed by atoms with E-state index in [4.69, 9.17) is 9.84 Å². The molecule has 11 heteroatoms. The summed E-state index contributed by atoms with van der Waals surface area (Å²) in [5.41, 5.74) is 2.84. The molecule has 0 radical (unpaired) electrons. The van der Waals surface area contributed by atoms with Crippen molar-refractivity contribution in [2.75, 3.05) is 27.3 Å². The first-order valence-corrected chi connectivity index (χ1v) is 16.0. The average molecular weight is 652 g/mol. The molecule has 5 aromatic rings. The van der Waals surface area contributed by atoms with Crippen LogP contribution in [-0.2, 0) is 6.54 Å². The number of hydrogen-bond donors (Lipinski definition) is 2. The minimum Gasteiger partial charge on any atom is -0.490 e. The molecule has 1 saturated carbocycles. The zero-order chi connectivity index (χ0) is 33.8. The lowest BCUT2D eigenvalue weighted by Crippen LogP contribution is -2.45. The van der Waals surface area contributed by atoms with Gasteiger partial charge in [-0.1, -0.05) is 48.5 Å². The van der Waals surface area contributed by atoms with Crippen LogP contribution in [-0.4, -0.2) is 63.4 Å². The highest BCUT2D eigenvalue weighted by Gasteiger charge is 2.28. The van der Waals surface area contributed by atoms with Gasteiger partial charge in [-0.05, 0) is 86.8 Å². The van der Waals surface area contributed by atoms with Gasteiger partial charge in [0, 0.05) is 18.6 Å². The second-order valence-corrected chi connectivity index (χ2v) is 12.4. The summed E-state index contributed by atoms with van der Waals surface area (Å²) in [6.07, 6.45) is 2.98. The maximum absolute atomic E-state index is 14.5. The summed E-state index contributed by atoms with van der Waals surface area (Å²) in [5, 5.41) is 12.2. The van der Waals surface area contributed by atoms with E-state index in [1.165, 1.54) is 14.7 Å². The van der Waals surface area contributed by atoms with Gasteiger partial charge in [0.1, 0.15) is 18.2 Å². The van der Waals surface area contributed by atoms with Crippen molar-refractivity contribution in [2.24, 2.45) is 0 Å². The molecule has 1 aliphatic carbocycles. The Kier molecular flexibility index (Phi) is 9.79. The molecule has 2 aromatic heterocycles. The van der Waals surface area contributed by atoms with Gasteiger partial charge in [0.05, 0.1) is 29.4 Å². The lowest BCUT2D eigenvalue weighted by Gasteiger charge is -2.30. The summed E-state index contributed by atoms with van der Waals surface area (Å²) >= 11 is 0. The number of para-hydroxylation sites is 1. The number of rotatable bonds is 10. The van der Waals surface area contributed by atoms with Gasteiger partial charge in [0.2, 0.25) is 0 Å². The quantitative estimate of drug-likeness (QED) is 0.225. The van der Waals surface area contributed by atoms with Crippen molar-refractivity contribution in [3.05, 3.63) is 123 Å². The largest absolute Gasteiger partial charge is 0.490 e. The molecule has 0 atom stereocenters. The second kappa shape index (κ2) is 14.3. The van der Waals surface area contributed by atoms with E-state index < -0.39 is 23.1 Å². The maximum atomic E-state index is 14.5. The van der Waals surface area contributed by atoms with Crippen molar-refractivity contribution in [1.82, 2.24) is 24.3 Å². The lowest BCUT2D eigenvalue weighted by molar-refractivity contribution is 0.0916. The number of nitrogens with one attached hydrogen (secondary N) is 1. The normalized spacial score (nSPS) is 16.3. The van der Waals surface area contributed by atoms with Gasteiger partial charge in [-0.15, -0.1) is 0 Å². The highest BCUT2D eigenvalue weighted by atomic mass is 19.1. The van der Waals surface area contributed by atoms with Crippen LogP contribution in [0.5, 0.6) is 5.75 Å². The van der Waals surface area contributed by atoms with Gasteiger partial charge in [0.25, 0.3) is 11.5 Å². The Labute approximate surface area is 277 Å². The summed E-state index contributed by atoms with van der Waals surface area (Å²) in [6.45, 7) is 0.713. The maximum Gasteiger partial charge on any atom is 0.337 e. The highest BCUT2D eigenvalue weighted by Crippen LogP contribution is 2.29. The standard InChI is InChI=1S/C37H38FN5O5/c1-41(2)23-24-10-12-25(13-11-24)26-6-5-7-30(20-26)42-34-32(21-27(38)22-39-34)36(46)43(37(42)47)29-16-14-28(15-17-29)40-35(45)31-8-3-4-9-33(31)48-19-18-44/h3-13,20-22,28-29,44H,14-19,23H2,1-2H3,(H,40,45). The van der Waals surface area contributed by atoms with Crippen LogP contribution in [0.25, 0.3) is 27.8 Å². The van der Waals surface area contributed by atoms with Crippen LogP contribution in [0, 0.1) is 5.82 Å². The zero-order valence-corrected chi connectivity index (χ0v) is 26.9. The molecule has 0 spiro atoms. The van der Waals surface area contributed by atoms with E-state index in [-0.39, 0.29) is 36.2 Å². The fraction of sp³-hybridized carbons (Fsp3) is 0.297. The van der Waals surface area contributed by atoms with E-state index in [0.29, 0.717) is 42.7 Å². The van der Waals surface area contributed by atoms with Crippen LogP contribution >= 0.6 is 0 Å². The number of nitrogens with zero attached hydrogens (tertiary/aromatic N) is 4. The number of halogens is 1. The van der Waals surface area contributed by atoms with Crippen molar-refractivity contribution >= 4 is 16.9 Å². The van der Waals surface area contributed by atoms with Crippen molar-refractivity contribution < 1.29 is 19.0 Å². The number of carbonyl (C=O) groups is 1. The van der Waals surface area contributed by atoms with E-state index in [1.807, 2.05) is 44.4 Å².